The summed E-state index contributed by atoms with van der Waals surface area (Å²) in [5, 5.41) is 8.91. The zero-order valence-corrected chi connectivity index (χ0v) is 13.4. The van der Waals surface area contributed by atoms with Crippen LogP contribution < -0.4 is 9.64 Å². The summed E-state index contributed by atoms with van der Waals surface area (Å²) in [6.45, 7) is 1.19. The van der Waals surface area contributed by atoms with Gasteiger partial charge in [-0.05, 0) is 0 Å². The minimum atomic E-state index is -1.06. The average Bonchev–Trinajstić information content (AvgIpc) is 2.49. The highest BCUT2D eigenvalue weighted by Crippen LogP contribution is 2.29. The number of benzene rings is 1. The lowest BCUT2D eigenvalue weighted by atomic mass is 10.2. The highest BCUT2D eigenvalue weighted by molar-refractivity contribution is 7.84. The molecular weight excluding hydrogens is 330 g/mol. The number of ether oxygens (including phenoxy) is 1. The van der Waals surface area contributed by atoms with Gasteiger partial charge in [-0.25, -0.2) is 13.6 Å². The smallest absolute Gasteiger partial charge is 0.407 e. The number of rotatable bonds is 5. The van der Waals surface area contributed by atoms with Gasteiger partial charge in [0.1, 0.15) is 5.82 Å². The van der Waals surface area contributed by atoms with Crippen molar-refractivity contribution in [2.75, 3.05) is 49.7 Å². The summed E-state index contributed by atoms with van der Waals surface area (Å²) >= 11 is 0. The van der Waals surface area contributed by atoms with Crippen LogP contribution in [-0.4, -0.2) is 65.1 Å². The monoisotopic (exact) mass is 348 g/mol. The van der Waals surface area contributed by atoms with Crippen molar-refractivity contribution in [3.8, 4) is 5.75 Å². The van der Waals surface area contributed by atoms with Crippen LogP contribution >= 0.6 is 0 Å². The van der Waals surface area contributed by atoms with Gasteiger partial charge in [0, 0.05) is 55.4 Å². The van der Waals surface area contributed by atoms with Gasteiger partial charge in [-0.2, -0.15) is 0 Å². The maximum absolute atomic E-state index is 14.0. The molecule has 0 unspecified atom stereocenters. The summed E-state index contributed by atoms with van der Waals surface area (Å²) in [4.78, 5) is 13.8. The molecule has 1 aliphatic heterocycles. The fraction of sp³-hybridized carbons (Fsp3) is 0.500. The molecule has 2 rings (SSSR count). The predicted molar refractivity (Wildman–Crippen MR) is 82.6 cm³/mol. The highest BCUT2D eigenvalue weighted by atomic mass is 32.2. The van der Waals surface area contributed by atoms with Crippen LogP contribution in [0.25, 0.3) is 0 Å². The first kappa shape index (κ1) is 17.5. The third kappa shape index (κ3) is 4.54. The standard InChI is InChI=1S/C14H18F2N2O4S/c1-23(21)7-6-22-13-9-12(10(15)8-11(13)16)17-2-4-18(5-3-17)14(19)20/h8-9H,2-7H2,1H3,(H,19,20)/t23-/m1/s1. The maximum Gasteiger partial charge on any atom is 0.407 e. The molecule has 1 atom stereocenters. The summed E-state index contributed by atoms with van der Waals surface area (Å²) in [6.07, 6.45) is 0.499. The largest absolute Gasteiger partial charge is 0.489 e. The second kappa shape index (κ2) is 7.58. The lowest BCUT2D eigenvalue weighted by Crippen LogP contribution is -2.48. The lowest BCUT2D eigenvalue weighted by Gasteiger charge is -2.34. The van der Waals surface area contributed by atoms with Crippen LogP contribution in [0.5, 0.6) is 5.75 Å². The topological polar surface area (TPSA) is 70.1 Å². The normalized spacial score (nSPS) is 16.3. The van der Waals surface area contributed by atoms with E-state index in [4.69, 9.17) is 9.84 Å². The van der Waals surface area contributed by atoms with Crippen LogP contribution in [-0.2, 0) is 10.8 Å². The van der Waals surface area contributed by atoms with E-state index in [9.17, 15) is 17.8 Å². The van der Waals surface area contributed by atoms with E-state index in [1.54, 1.807) is 4.90 Å². The van der Waals surface area contributed by atoms with E-state index in [0.29, 0.717) is 13.1 Å². The van der Waals surface area contributed by atoms with E-state index in [-0.39, 0.29) is 36.9 Å². The summed E-state index contributed by atoms with van der Waals surface area (Å²) in [5.74, 6) is -1.40. The lowest BCUT2D eigenvalue weighted by molar-refractivity contribution is 0.142. The van der Waals surface area contributed by atoms with Gasteiger partial charge in [-0.1, -0.05) is 0 Å². The zero-order valence-electron chi connectivity index (χ0n) is 12.6. The Morgan fingerprint density at radius 1 is 1.26 bits per heavy atom. The van der Waals surface area contributed by atoms with Gasteiger partial charge >= 0.3 is 6.09 Å². The second-order valence-corrected chi connectivity index (χ2v) is 6.67. The molecule has 0 spiro atoms. The molecule has 1 N–H and O–H groups in total. The maximum atomic E-state index is 14.0. The fourth-order valence-corrected chi connectivity index (χ4v) is 2.60. The molecule has 0 aromatic heterocycles. The van der Waals surface area contributed by atoms with Crippen molar-refractivity contribution >= 4 is 22.6 Å². The zero-order chi connectivity index (χ0) is 17.0. The van der Waals surface area contributed by atoms with Crippen LogP contribution in [0, 0.1) is 11.6 Å². The average molecular weight is 348 g/mol. The third-order valence-electron chi connectivity index (χ3n) is 3.52. The highest BCUT2D eigenvalue weighted by Gasteiger charge is 2.23. The van der Waals surface area contributed by atoms with E-state index >= 15 is 0 Å². The van der Waals surface area contributed by atoms with Crippen molar-refractivity contribution in [2.24, 2.45) is 0 Å². The fourth-order valence-electron chi connectivity index (χ4n) is 2.28. The quantitative estimate of drug-likeness (QED) is 0.874. The molecule has 0 radical (unpaired) electrons. The van der Waals surface area contributed by atoms with E-state index in [0.717, 1.165) is 6.07 Å². The first-order valence-electron chi connectivity index (χ1n) is 7.03. The first-order valence-corrected chi connectivity index (χ1v) is 8.76. The molecule has 1 aromatic carbocycles. The molecule has 1 saturated heterocycles. The molecule has 1 heterocycles. The van der Waals surface area contributed by atoms with E-state index in [1.807, 2.05) is 0 Å². The number of hydrogen-bond acceptors (Lipinski definition) is 4. The Morgan fingerprint density at radius 3 is 2.48 bits per heavy atom. The summed E-state index contributed by atoms with van der Waals surface area (Å²) < 4.78 is 44.0. The Labute approximate surface area is 135 Å². The van der Waals surface area contributed by atoms with Crippen molar-refractivity contribution < 1.29 is 27.6 Å². The molecule has 128 valence electrons. The van der Waals surface area contributed by atoms with Crippen LogP contribution in [0.15, 0.2) is 12.1 Å². The minimum Gasteiger partial charge on any atom is -0.489 e. The minimum absolute atomic E-state index is 0.0674. The molecule has 1 amide bonds. The van der Waals surface area contributed by atoms with E-state index in [2.05, 4.69) is 0 Å². The molecule has 0 saturated carbocycles. The Balaban J connectivity index is 2.09. The van der Waals surface area contributed by atoms with Crippen molar-refractivity contribution in [1.29, 1.82) is 0 Å². The molecule has 0 aliphatic carbocycles. The van der Waals surface area contributed by atoms with Gasteiger partial charge in [0.15, 0.2) is 11.6 Å². The van der Waals surface area contributed by atoms with Gasteiger partial charge in [0.05, 0.1) is 18.0 Å². The van der Waals surface area contributed by atoms with Gasteiger partial charge in [0.2, 0.25) is 0 Å². The Morgan fingerprint density at radius 2 is 1.91 bits per heavy atom. The van der Waals surface area contributed by atoms with Gasteiger partial charge in [0.25, 0.3) is 0 Å². The Kier molecular flexibility index (Phi) is 5.75. The number of nitrogens with zero attached hydrogens (tertiary/aromatic N) is 2. The second-order valence-electron chi connectivity index (χ2n) is 5.12. The number of carboxylic acid groups (broad SMARTS) is 1. The van der Waals surface area contributed by atoms with Crippen LogP contribution in [0.3, 0.4) is 0 Å². The van der Waals surface area contributed by atoms with Crippen molar-refractivity contribution in [1.82, 2.24) is 4.90 Å². The van der Waals surface area contributed by atoms with Gasteiger partial charge in [-0.3, -0.25) is 4.21 Å². The van der Waals surface area contributed by atoms with E-state index in [1.165, 1.54) is 17.2 Å². The van der Waals surface area contributed by atoms with Gasteiger partial charge in [-0.15, -0.1) is 0 Å². The predicted octanol–water partition coefficient (Wildman–Crippen LogP) is 1.52. The molecule has 0 bridgehead atoms. The molecular formula is C14H18F2N2O4S. The third-order valence-corrected chi connectivity index (χ3v) is 4.26. The number of anilines is 1. The van der Waals surface area contributed by atoms with Crippen molar-refractivity contribution in [3.05, 3.63) is 23.8 Å². The first-order chi connectivity index (χ1) is 10.9. The molecule has 9 heteroatoms. The molecule has 1 aliphatic rings. The number of carbonyl (C=O) groups is 1. The molecule has 6 nitrogen and oxygen atoms in total. The number of piperazine rings is 1. The van der Waals surface area contributed by atoms with Crippen molar-refractivity contribution in [2.45, 2.75) is 0 Å². The van der Waals surface area contributed by atoms with Crippen molar-refractivity contribution in [3.63, 3.8) is 0 Å². The van der Waals surface area contributed by atoms with Crippen LogP contribution in [0.2, 0.25) is 0 Å². The molecule has 1 fully saturated rings. The summed E-state index contributed by atoms with van der Waals surface area (Å²) in [7, 11) is -1.06. The number of amides is 1. The summed E-state index contributed by atoms with van der Waals surface area (Å²) in [5.41, 5.74) is 0.170. The van der Waals surface area contributed by atoms with Crippen LogP contribution in [0.4, 0.5) is 19.3 Å². The van der Waals surface area contributed by atoms with E-state index < -0.39 is 28.5 Å². The van der Waals surface area contributed by atoms with Gasteiger partial charge < -0.3 is 19.6 Å². The molecule has 1 aromatic rings. The number of halogens is 2. The Hall–Kier alpha value is -1.90. The number of hydrogen-bond donors (Lipinski definition) is 1. The summed E-state index contributed by atoms with van der Waals surface area (Å²) in [6, 6.07) is 2.01. The van der Waals surface area contributed by atoms with Crippen LogP contribution in [0.1, 0.15) is 0 Å². The Bertz CT molecular complexity index is 607. The SMILES string of the molecule is C[S@@](=O)CCOc1cc(N2CCN(C(=O)O)CC2)c(F)cc1F. The molecule has 23 heavy (non-hydrogen) atoms.